The normalized spacial score (nSPS) is 38.2. The zero-order valence-corrected chi connectivity index (χ0v) is 6.01. The summed E-state index contributed by atoms with van der Waals surface area (Å²) in [7, 11) is 0. The number of nitrogens with zero attached hydrogens (tertiary/aromatic N) is 1. The Balaban J connectivity index is 2.06. The number of nitrogens with one attached hydrogen (secondary N) is 1. The second-order valence-corrected chi connectivity index (χ2v) is 3.12. The van der Waals surface area contributed by atoms with Gasteiger partial charge in [0.25, 0.3) is 0 Å². The number of guanidine groups is 1. The van der Waals surface area contributed by atoms with Crippen LogP contribution in [0.3, 0.4) is 0 Å². The van der Waals surface area contributed by atoms with Gasteiger partial charge in [-0.2, -0.15) is 0 Å². The van der Waals surface area contributed by atoms with Crippen LogP contribution in [0.15, 0.2) is 4.99 Å². The predicted molar refractivity (Wildman–Crippen MR) is 40.8 cm³/mol. The van der Waals surface area contributed by atoms with E-state index in [9.17, 15) is 0 Å². The van der Waals surface area contributed by atoms with Crippen molar-refractivity contribution in [2.24, 2.45) is 10.7 Å². The van der Waals surface area contributed by atoms with E-state index in [2.05, 4.69) is 10.3 Å². The zero-order chi connectivity index (χ0) is 6.97. The van der Waals surface area contributed by atoms with Gasteiger partial charge in [0.05, 0.1) is 12.1 Å². The van der Waals surface area contributed by atoms with Gasteiger partial charge in [-0.05, 0) is 12.8 Å². The van der Waals surface area contributed by atoms with Crippen LogP contribution in [0.1, 0.15) is 25.7 Å². The Kier molecular flexibility index (Phi) is 1.29. The van der Waals surface area contributed by atoms with E-state index < -0.39 is 0 Å². The molecule has 10 heavy (non-hydrogen) atoms. The van der Waals surface area contributed by atoms with Crippen molar-refractivity contribution in [3.05, 3.63) is 0 Å². The van der Waals surface area contributed by atoms with Crippen molar-refractivity contribution in [3.63, 3.8) is 0 Å². The Bertz CT molecular complexity index is 164. The smallest absolute Gasteiger partial charge is 0.189 e. The molecular formula is C7H13N3. The fourth-order valence-corrected chi connectivity index (χ4v) is 1.84. The molecular weight excluding hydrogens is 126 g/mol. The predicted octanol–water partition coefficient (Wildman–Crippen LogP) is 0.215. The molecule has 0 aromatic heterocycles. The average Bonchev–Trinajstić information content (AvgIpc) is 2.27. The zero-order valence-electron chi connectivity index (χ0n) is 6.01. The molecule has 2 atom stereocenters. The number of nitrogens with two attached hydrogens (primary N) is 1. The third kappa shape index (κ3) is 0.856. The maximum absolute atomic E-state index is 5.53. The van der Waals surface area contributed by atoms with Crippen molar-refractivity contribution in [2.45, 2.75) is 37.8 Å². The van der Waals surface area contributed by atoms with Gasteiger partial charge >= 0.3 is 0 Å². The van der Waals surface area contributed by atoms with Gasteiger partial charge in [-0.15, -0.1) is 0 Å². The van der Waals surface area contributed by atoms with Gasteiger partial charge < -0.3 is 11.1 Å². The third-order valence-electron chi connectivity index (χ3n) is 2.37. The van der Waals surface area contributed by atoms with Crippen molar-refractivity contribution in [3.8, 4) is 0 Å². The molecule has 0 aromatic rings. The molecule has 0 aromatic carbocycles. The summed E-state index contributed by atoms with van der Waals surface area (Å²) in [4.78, 5) is 4.29. The number of aliphatic imine (C=N–C) groups is 1. The van der Waals surface area contributed by atoms with Gasteiger partial charge in [0.15, 0.2) is 5.96 Å². The second-order valence-electron chi connectivity index (χ2n) is 3.12. The van der Waals surface area contributed by atoms with Gasteiger partial charge in [0.1, 0.15) is 0 Å². The summed E-state index contributed by atoms with van der Waals surface area (Å²) in [6.07, 6.45) is 5.11. The minimum atomic E-state index is 0.494. The van der Waals surface area contributed by atoms with Gasteiger partial charge in [0, 0.05) is 0 Å². The van der Waals surface area contributed by atoms with Crippen LogP contribution in [-0.2, 0) is 0 Å². The van der Waals surface area contributed by atoms with Crippen LogP contribution in [0.5, 0.6) is 0 Å². The van der Waals surface area contributed by atoms with Gasteiger partial charge in [0.2, 0.25) is 0 Å². The van der Waals surface area contributed by atoms with Gasteiger partial charge in [-0.1, -0.05) is 12.8 Å². The third-order valence-corrected chi connectivity index (χ3v) is 2.37. The van der Waals surface area contributed by atoms with Crippen molar-refractivity contribution < 1.29 is 0 Å². The van der Waals surface area contributed by atoms with Gasteiger partial charge in [-0.3, -0.25) is 0 Å². The molecule has 2 aliphatic rings. The summed E-state index contributed by atoms with van der Waals surface area (Å²) in [6.45, 7) is 0. The van der Waals surface area contributed by atoms with Crippen molar-refractivity contribution in [2.75, 3.05) is 0 Å². The highest BCUT2D eigenvalue weighted by Crippen LogP contribution is 2.23. The number of rotatable bonds is 0. The second kappa shape index (κ2) is 2.15. The minimum absolute atomic E-state index is 0.494. The molecule has 0 amide bonds. The lowest BCUT2D eigenvalue weighted by Gasteiger charge is -2.22. The van der Waals surface area contributed by atoms with E-state index in [1.807, 2.05) is 0 Å². The summed E-state index contributed by atoms with van der Waals surface area (Å²) in [5.41, 5.74) is 5.53. The van der Waals surface area contributed by atoms with E-state index in [1.54, 1.807) is 0 Å². The Hall–Kier alpha value is -0.730. The van der Waals surface area contributed by atoms with E-state index >= 15 is 0 Å². The van der Waals surface area contributed by atoms with E-state index in [0.717, 1.165) is 0 Å². The molecule has 0 radical (unpaired) electrons. The Morgan fingerprint density at radius 3 is 3.00 bits per heavy atom. The summed E-state index contributed by atoms with van der Waals surface area (Å²) in [6, 6.07) is 1.06. The maximum Gasteiger partial charge on any atom is 0.189 e. The van der Waals surface area contributed by atoms with Crippen LogP contribution < -0.4 is 11.1 Å². The molecule has 0 bridgehead atoms. The highest BCUT2D eigenvalue weighted by atomic mass is 15.2. The molecule has 0 spiro atoms. The van der Waals surface area contributed by atoms with Crippen LogP contribution in [0, 0.1) is 0 Å². The molecule has 1 fully saturated rings. The molecule has 0 unspecified atom stereocenters. The molecule has 0 saturated heterocycles. The molecule has 1 heterocycles. The largest absolute Gasteiger partial charge is 0.370 e. The van der Waals surface area contributed by atoms with Crippen LogP contribution >= 0.6 is 0 Å². The number of fused-ring (bicyclic) bond motifs is 1. The SMILES string of the molecule is NC1=N[C@H]2CCCC[C@@H]2N1. The quantitative estimate of drug-likeness (QED) is 0.504. The summed E-state index contributed by atoms with van der Waals surface area (Å²) < 4.78 is 0. The topological polar surface area (TPSA) is 50.4 Å². The molecule has 3 nitrogen and oxygen atoms in total. The number of hydrogen-bond donors (Lipinski definition) is 2. The Morgan fingerprint density at radius 2 is 2.20 bits per heavy atom. The molecule has 3 N–H and O–H groups in total. The van der Waals surface area contributed by atoms with E-state index in [4.69, 9.17) is 5.73 Å². The molecule has 1 aliphatic carbocycles. The lowest BCUT2D eigenvalue weighted by Crippen LogP contribution is -2.39. The first-order valence-corrected chi connectivity index (χ1v) is 3.96. The standard InChI is InChI=1S/C7H13N3/c8-7-9-5-3-1-2-4-6(5)10-7/h5-6H,1-4H2,(H3,8,9,10)/t5-,6-/m0/s1. The van der Waals surface area contributed by atoms with E-state index in [0.29, 0.717) is 18.0 Å². The van der Waals surface area contributed by atoms with Crippen LogP contribution in [-0.4, -0.2) is 18.0 Å². The maximum atomic E-state index is 5.53. The first-order chi connectivity index (χ1) is 4.86. The Morgan fingerprint density at radius 1 is 1.40 bits per heavy atom. The van der Waals surface area contributed by atoms with E-state index in [-0.39, 0.29) is 0 Å². The minimum Gasteiger partial charge on any atom is -0.370 e. The van der Waals surface area contributed by atoms with E-state index in [1.165, 1.54) is 25.7 Å². The molecule has 3 heteroatoms. The molecule has 56 valence electrons. The van der Waals surface area contributed by atoms with Crippen LogP contribution in [0.4, 0.5) is 0 Å². The lowest BCUT2D eigenvalue weighted by molar-refractivity contribution is 0.384. The van der Waals surface area contributed by atoms with Crippen LogP contribution in [0.2, 0.25) is 0 Å². The lowest BCUT2D eigenvalue weighted by atomic mass is 9.92. The molecule has 2 rings (SSSR count). The summed E-state index contributed by atoms with van der Waals surface area (Å²) in [5.74, 6) is 0.650. The fraction of sp³-hybridized carbons (Fsp3) is 0.857. The highest BCUT2D eigenvalue weighted by Gasteiger charge is 2.29. The van der Waals surface area contributed by atoms with Crippen LogP contribution in [0.25, 0.3) is 0 Å². The first-order valence-electron chi connectivity index (χ1n) is 3.96. The highest BCUT2D eigenvalue weighted by molar-refractivity contribution is 5.80. The monoisotopic (exact) mass is 139 g/mol. The first kappa shape index (κ1) is 6.01. The van der Waals surface area contributed by atoms with Crippen molar-refractivity contribution >= 4 is 5.96 Å². The Labute approximate surface area is 60.7 Å². The molecule has 1 aliphatic heterocycles. The average molecular weight is 139 g/mol. The number of hydrogen-bond acceptors (Lipinski definition) is 3. The fourth-order valence-electron chi connectivity index (χ4n) is 1.84. The van der Waals surface area contributed by atoms with Gasteiger partial charge in [-0.25, -0.2) is 4.99 Å². The van der Waals surface area contributed by atoms with Crippen molar-refractivity contribution in [1.82, 2.24) is 5.32 Å². The summed E-state index contributed by atoms with van der Waals surface area (Å²) in [5, 5.41) is 3.18. The summed E-state index contributed by atoms with van der Waals surface area (Å²) >= 11 is 0. The molecule has 1 saturated carbocycles. The van der Waals surface area contributed by atoms with Crippen molar-refractivity contribution in [1.29, 1.82) is 0 Å².